The molecule has 0 saturated carbocycles. The third kappa shape index (κ3) is 3.43. The van der Waals surface area contributed by atoms with Crippen molar-refractivity contribution in [3.8, 4) is 5.69 Å². The highest BCUT2D eigenvalue weighted by atomic mass is 32.2. The second-order valence-corrected chi connectivity index (χ2v) is 8.12. The van der Waals surface area contributed by atoms with Gasteiger partial charge < -0.3 is 5.11 Å². The molecule has 24 heavy (non-hydrogen) atoms. The number of sulfonamides is 1. The number of carboxylic acids is 1. The first-order valence-corrected chi connectivity index (χ1v) is 9.31. The highest BCUT2D eigenvalue weighted by Gasteiger charge is 2.15. The van der Waals surface area contributed by atoms with Crippen molar-refractivity contribution in [1.29, 1.82) is 0 Å². The molecule has 0 aliphatic rings. The third-order valence-electron chi connectivity index (χ3n) is 2.72. The molecule has 0 aliphatic carbocycles. The quantitative estimate of drug-likeness (QED) is 0.644. The lowest BCUT2D eigenvalue weighted by Gasteiger charge is -2.04. The molecule has 2 heterocycles. The highest BCUT2D eigenvalue weighted by Crippen LogP contribution is 2.30. The van der Waals surface area contributed by atoms with E-state index in [2.05, 4.69) is 20.5 Å². The minimum atomic E-state index is -3.78. The van der Waals surface area contributed by atoms with Gasteiger partial charge in [0, 0.05) is 0 Å². The Labute approximate surface area is 143 Å². The van der Waals surface area contributed by atoms with Crippen LogP contribution in [0.4, 0.5) is 0 Å². The molecule has 3 N–H and O–H groups in total. The number of primary sulfonamides is 1. The van der Waals surface area contributed by atoms with Gasteiger partial charge in [0.15, 0.2) is 4.34 Å². The monoisotopic (exact) mass is 384 g/mol. The molecule has 0 saturated heterocycles. The molecule has 2 aromatic heterocycles. The fourth-order valence-corrected chi connectivity index (χ4v) is 3.89. The standard InChI is InChI=1S/C11H8N6O4S3/c12-24(20,21)7-3-1-6(2-4-7)17-10(14-15-16-17)23-11-13-5-8(22-11)9(18)19/h1-5H,(H,18,19)(H2,12,20,21). The lowest BCUT2D eigenvalue weighted by atomic mass is 10.3. The van der Waals surface area contributed by atoms with E-state index < -0.39 is 16.0 Å². The molecule has 1 aromatic carbocycles. The lowest BCUT2D eigenvalue weighted by Crippen LogP contribution is -2.12. The van der Waals surface area contributed by atoms with Crippen molar-refractivity contribution in [2.24, 2.45) is 5.14 Å². The molecule has 0 fully saturated rings. The van der Waals surface area contributed by atoms with Gasteiger partial charge in [-0.3, -0.25) is 0 Å². The number of carbonyl (C=O) groups is 1. The Morgan fingerprint density at radius 1 is 1.29 bits per heavy atom. The molecule has 0 spiro atoms. The van der Waals surface area contributed by atoms with E-state index in [1.54, 1.807) is 0 Å². The Morgan fingerprint density at radius 3 is 2.58 bits per heavy atom. The van der Waals surface area contributed by atoms with Crippen molar-refractivity contribution < 1.29 is 18.3 Å². The van der Waals surface area contributed by atoms with Gasteiger partial charge in [0.1, 0.15) is 4.88 Å². The number of nitrogens with zero attached hydrogens (tertiary/aromatic N) is 5. The average Bonchev–Trinajstić information content (AvgIpc) is 3.16. The van der Waals surface area contributed by atoms with Crippen LogP contribution in [-0.4, -0.2) is 44.7 Å². The molecular weight excluding hydrogens is 376 g/mol. The number of aromatic carboxylic acids is 1. The van der Waals surface area contributed by atoms with E-state index >= 15 is 0 Å². The number of thiazole rings is 1. The van der Waals surface area contributed by atoms with Gasteiger partial charge in [0.2, 0.25) is 15.2 Å². The number of hydrogen-bond acceptors (Lipinski definition) is 9. The summed E-state index contributed by atoms with van der Waals surface area (Å²) in [5.74, 6) is -1.06. The van der Waals surface area contributed by atoms with Gasteiger partial charge in [-0.05, 0) is 46.5 Å². The van der Waals surface area contributed by atoms with Crippen LogP contribution in [0, 0.1) is 0 Å². The van der Waals surface area contributed by atoms with Crippen LogP contribution in [-0.2, 0) is 10.0 Å². The maximum atomic E-state index is 11.3. The Balaban J connectivity index is 1.88. The van der Waals surface area contributed by atoms with Gasteiger partial charge in [-0.15, -0.1) is 16.4 Å². The van der Waals surface area contributed by atoms with Gasteiger partial charge in [-0.2, -0.15) is 4.68 Å². The largest absolute Gasteiger partial charge is 0.477 e. The number of tetrazole rings is 1. The summed E-state index contributed by atoms with van der Waals surface area (Å²) >= 11 is 2.09. The molecule has 0 atom stereocenters. The minimum Gasteiger partial charge on any atom is -0.477 e. The lowest BCUT2D eigenvalue weighted by molar-refractivity contribution is 0.0702. The Morgan fingerprint density at radius 2 is 2.00 bits per heavy atom. The number of rotatable bonds is 5. The van der Waals surface area contributed by atoms with Crippen molar-refractivity contribution in [3.63, 3.8) is 0 Å². The zero-order chi connectivity index (χ0) is 17.3. The normalized spacial score (nSPS) is 11.5. The molecule has 10 nitrogen and oxygen atoms in total. The number of aromatic nitrogens is 5. The summed E-state index contributed by atoms with van der Waals surface area (Å²) in [5.41, 5.74) is 0.518. The first-order chi connectivity index (χ1) is 11.3. The maximum Gasteiger partial charge on any atom is 0.347 e. The fourth-order valence-electron chi connectivity index (χ4n) is 1.66. The first kappa shape index (κ1) is 16.5. The van der Waals surface area contributed by atoms with Crippen LogP contribution in [0.15, 0.2) is 44.9 Å². The molecule has 0 radical (unpaired) electrons. The molecule has 13 heteroatoms. The van der Waals surface area contributed by atoms with Crippen LogP contribution in [0.5, 0.6) is 0 Å². The Hall–Kier alpha value is -2.35. The molecular formula is C11H8N6O4S3. The number of benzene rings is 1. The summed E-state index contributed by atoms with van der Waals surface area (Å²) < 4.78 is 24.4. The molecule has 0 amide bonds. The van der Waals surface area contributed by atoms with Crippen molar-refractivity contribution in [3.05, 3.63) is 35.3 Å². The van der Waals surface area contributed by atoms with Gasteiger partial charge in [0.25, 0.3) is 0 Å². The second-order valence-electron chi connectivity index (χ2n) is 4.31. The minimum absolute atomic E-state index is 0.0282. The van der Waals surface area contributed by atoms with Gasteiger partial charge in [0.05, 0.1) is 16.8 Å². The Kier molecular flexibility index (Phi) is 4.31. The summed E-state index contributed by atoms with van der Waals surface area (Å²) in [6, 6.07) is 5.69. The van der Waals surface area contributed by atoms with Crippen molar-refractivity contribution in [2.45, 2.75) is 14.4 Å². The SMILES string of the molecule is NS(=O)(=O)c1ccc(-n2nnnc2Sc2ncc(C(=O)O)s2)cc1. The van der Waals surface area contributed by atoms with E-state index in [0.717, 1.165) is 23.1 Å². The number of carboxylic acid groups (broad SMARTS) is 1. The van der Waals surface area contributed by atoms with Crippen LogP contribution in [0.25, 0.3) is 5.69 Å². The molecule has 124 valence electrons. The molecule has 0 bridgehead atoms. The number of hydrogen-bond donors (Lipinski definition) is 2. The molecule has 3 aromatic rings. The van der Waals surface area contributed by atoms with Gasteiger partial charge in [-0.1, -0.05) is 0 Å². The van der Waals surface area contributed by atoms with Crippen LogP contribution in [0.3, 0.4) is 0 Å². The molecule has 3 rings (SSSR count). The van der Waals surface area contributed by atoms with E-state index in [4.69, 9.17) is 10.2 Å². The average molecular weight is 384 g/mol. The maximum absolute atomic E-state index is 11.3. The van der Waals surface area contributed by atoms with Crippen LogP contribution in [0.2, 0.25) is 0 Å². The summed E-state index contributed by atoms with van der Waals surface area (Å²) in [6.45, 7) is 0. The van der Waals surface area contributed by atoms with Crippen LogP contribution < -0.4 is 5.14 Å². The zero-order valence-corrected chi connectivity index (χ0v) is 14.0. The summed E-state index contributed by atoms with van der Waals surface area (Å²) in [5, 5.41) is 25.6. The van der Waals surface area contributed by atoms with Gasteiger partial charge >= 0.3 is 5.97 Å². The summed E-state index contributed by atoms with van der Waals surface area (Å²) in [7, 11) is -3.78. The highest BCUT2D eigenvalue weighted by molar-refractivity contribution is 8.00. The summed E-state index contributed by atoms with van der Waals surface area (Å²) in [4.78, 5) is 14.9. The predicted octanol–water partition coefficient (Wildman–Crippen LogP) is 0.616. The second kappa shape index (κ2) is 6.27. The van der Waals surface area contributed by atoms with Crippen molar-refractivity contribution in [2.75, 3.05) is 0 Å². The third-order valence-corrected chi connectivity index (χ3v) is 5.65. The van der Waals surface area contributed by atoms with E-state index in [-0.39, 0.29) is 9.77 Å². The fraction of sp³-hybridized carbons (Fsp3) is 0. The predicted molar refractivity (Wildman–Crippen MR) is 83.7 cm³/mol. The molecule has 0 unspecified atom stereocenters. The van der Waals surface area contributed by atoms with Crippen molar-refractivity contribution >= 4 is 39.1 Å². The first-order valence-electron chi connectivity index (χ1n) is 6.13. The van der Waals surface area contributed by atoms with Crippen molar-refractivity contribution in [1.82, 2.24) is 25.2 Å². The smallest absolute Gasteiger partial charge is 0.347 e. The van der Waals surface area contributed by atoms with E-state index in [1.807, 2.05) is 0 Å². The van der Waals surface area contributed by atoms with E-state index in [0.29, 0.717) is 15.2 Å². The van der Waals surface area contributed by atoms with E-state index in [1.165, 1.54) is 35.1 Å². The topological polar surface area (TPSA) is 154 Å². The van der Waals surface area contributed by atoms with E-state index in [9.17, 15) is 13.2 Å². The zero-order valence-electron chi connectivity index (χ0n) is 11.6. The van der Waals surface area contributed by atoms with Crippen LogP contribution >= 0.6 is 23.1 Å². The number of nitrogens with two attached hydrogens (primary N) is 1. The van der Waals surface area contributed by atoms with Crippen LogP contribution in [0.1, 0.15) is 9.67 Å². The summed E-state index contributed by atoms with van der Waals surface area (Å²) in [6.07, 6.45) is 1.25. The van der Waals surface area contributed by atoms with Gasteiger partial charge in [-0.25, -0.2) is 23.3 Å². The molecule has 0 aliphatic heterocycles. The Bertz CT molecular complexity index is 995.